The van der Waals surface area contributed by atoms with Crippen molar-refractivity contribution in [2.45, 2.75) is 0 Å². The Kier molecular flexibility index (Phi) is 7.61. The van der Waals surface area contributed by atoms with Gasteiger partial charge in [0.05, 0.1) is 5.56 Å². The summed E-state index contributed by atoms with van der Waals surface area (Å²) in [6.45, 7) is 0. The van der Waals surface area contributed by atoms with E-state index in [1.54, 1.807) is 60.7 Å². The van der Waals surface area contributed by atoms with E-state index < -0.39 is 53.4 Å². The van der Waals surface area contributed by atoms with E-state index in [4.69, 9.17) is 0 Å². The summed E-state index contributed by atoms with van der Waals surface area (Å²) in [6.07, 6.45) is 0. The van der Waals surface area contributed by atoms with Gasteiger partial charge in [-0.15, -0.1) is 0 Å². The molecule has 6 rings (SSSR count). The second kappa shape index (κ2) is 11.5. The zero-order valence-electron chi connectivity index (χ0n) is 22.4. The second-order valence-electron chi connectivity index (χ2n) is 9.59. The van der Waals surface area contributed by atoms with Gasteiger partial charge in [0.25, 0.3) is 0 Å². The molecule has 6 aromatic rings. The first-order valence-corrected chi connectivity index (χ1v) is 14.7. The minimum absolute atomic E-state index is 0.181. The van der Waals surface area contributed by atoms with E-state index in [1.165, 1.54) is 24.3 Å². The van der Waals surface area contributed by atoms with E-state index in [0.717, 1.165) is 12.1 Å². The molecule has 0 saturated heterocycles. The highest BCUT2D eigenvalue weighted by atomic mass is 31.2. The largest absolute Gasteiger partial charge is 0.309 e. The van der Waals surface area contributed by atoms with Crippen molar-refractivity contribution in [2.75, 3.05) is 0 Å². The van der Waals surface area contributed by atoms with E-state index in [1.807, 2.05) is 12.1 Å². The summed E-state index contributed by atoms with van der Waals surface area (Å²) < 4.78 is 99.9. The maximum Gasteiger partial charge on any atom is 0.200 e. The molecule has 0 spiro atoms. The molecule has 0 aliphatic heterocycles. The van der Waals surface area contributed by atoms with Crippen LogP contribution in [0.5, 0.6) is 0 Å². The van der Waals surface area contributed by atoms with Crippen LogP contribution in [0.4, 0.5) is 26.3 Å². The van der Waals surface area contributed by atoms with Gasteiger partial charge in [0.1, 0.15) is 5.82 Å². The van der Waals surface area contributed by atoms with E-state index in [9.17, 15) is 30.9 Å². The van der Waals surface area contributed by atoms with Crippen LogP contribution in [0.1, 0.15) is 0 Å². The predicted octanol–water partition coefficient (Wildman–Crippen LogP) is 7.35. The van der Waals surface area contributed by atoms with Gasteiger partial charge >= 0.3 is 0 Å². The lowest BCUT2D eigenvalue weighted by Gasteiger charge is -2.20. The third-order valence-electron chi connectivity index (χ3n) is 6.90. The van der Waals surface area contributed by atoms with Gasteiger partial charge in [0.2, 0.25) is 5.82 Å². The fourth-order valence-electron chi connectivity index (χ4n) is 4.69. The van der Waals surface area contributed by atoms with Crippen molar-refractivity contribution in [1.29, 1.82) is 0 Å². The van der Waals surface area contributed by atoms with Crippen LogP contribution in [-0.2, 0) is 4.57 Å². The summed E-state index contributed by atoms with van der Waals surface area (Å²) in [4.78, 5) is 12.4. The highest BCUT2D eigenvalue weighted by Gasteiger charge is 2.31. The van der Waals surface area contributed by atoms with E-state index in [-0.39, 0.29) is 22.8 Å². The third-order valence-corrected chi connectivity index (χ3v) is 9.98. The topological polar surface area (TPSA) is 55.7 Å². The molecule has 0 N–H and O–H groups in total. The molecule has 44 heavy (non-hydrogen) atoms. The van der Waals surface area contributed by atoms with Crippen LogP contribution in [0.15, 0.2) is 109 Å². The molecule has 0 radical (unpaired) electrons. The Morgan fingerprint density at radius 2 is 0.773 bits per heavy atom. The molecule has 218 valence electrons. The zero-order valence-corrected chi connectivity index (χ0v) is 23.3. The predicted molar refractivity (Wildman–Crippen MR) is 155 cm³/mol. The fraction of sp³-hybridized carbons (Fsp3) is 0. The Balaban J connectivity index is 1.53. The van der Waals surface area contributed by atoms with Gasteiger partial charge < -0.3 is 4.57 Å². The Morgan fingerprint density at radius 3 is 1.23 bits per heavy atom. The monoisotopic (exact) mass is 617 g/mol. The third kappa shape index (κ3) is 5.07. The van der Waals surface area contributed by atoms with Gasteiger partial charge in [-0.3, -0.25) is 0 Å². The van der Waals surface area contributed by atoms with Crippen molar-refractivity contribution in [2.24, 2.45) is 0 Å². The first-order chi connectivity index (χ1) is 21.2. The second-order valence-corrected chi connectivity index (χ2v) is 12.4. The molecular formula is C33H18F6N3OP. The molecule has 0 amide bonds. The molecule has 11 heteroatoms. The molecule has 1 aromatic heterocycles. The Morgan fingerprint density at radius 1 is 0.409 bits per heavy atom. The molecule has 5 aromatic carbocycles. The lowest BCUT2D eigenvalue weighted by atomic mass is 10.1. The van der Waals surface area contributed by atoms with Crippen LogP contribution in [0.25, 0.3) is 34.2 Å². The minimum Gasteiger partial charge on any atom is -0.309 e. The molecule has 0 unspecified atom stereocenters. The quantitative estimate of drug-likeness (QED) is 0.0850. The van der Waals surface area contributed by atoms with Crippen molar-refractivity contribution >= 4 is 23.1 Å². The summed E-state index contributed by atoms with van der Waals surface area (Å²) in [6, 6.07) is 28.8. The molecule has 0 saturated carbocycles. The molecule has 0 atom stereocenters. The molecule has 1 heterocycles. The summed E-state index contributed by atoms with van der Waals surface area (Å²) in [5, 5.41) is 1.64. The van der Waals surface area contributed by atoms with Crippen molar-refractivity contribution in [3.05, 3.63) is 144 Å². The zero-order chi connectivity index (χ0) is 31.0. The highest BCUT2D eigenvalue weighted by Crippen LogP contribution is 2.42. The lowest BCUT2D eigenvalue weighted by molar-refractivity contribution is 0.381. The molecule has 0 aliphatic carbocycles. The Hall–Kier alpha value is -5.08. The molecular weight excluding hydrogens is 599 g/mol. The van der Waals surface area contributed by atoms with Crippen LogP contribution in [-0.4, -0.2) is 15.0 Å². The highest BCUT2D eigenvalue weighted by molar-refractivity contribution is 7.85. The van der Waals surface area contributed by atoms with E-state index in [0.29, 0.717) is 15.9 Å². The number of benzene rings is 5. The number of hydrogen-bond acceptors (Lipinski definition) is 4. The maximum atomic E-state index is 14.8. The summed E-state index contributed by atoms with van der Waals surface area (Å²) >= 11 is 0. The number of aromatic nitrogens is 3. The SMILES string of the molecule is O=P(c1ccccc1)(c1ccccc1)c1ccc(-c2nc(-c3ccc(F)cc3)nc(-c3c(F)c(F)c(F)c(F)c3F)n2)cc1. The number of halogens is 6. The summed E-state index contributed by atoms with van der Waals surface area (Å²) in [5.74, 6) is -12.7. The first-order valence-electron chi connectivity index (χ1n) is 13.0. The van der Waals surface area contributed by atoms with E-state index in [2.05, 4.69) is 15.0 Å². The molecule has 4 nitrogen and oxygen atoms in total. The fourth-order valence-corrected chi connectivity index (χ4v) is 7.34. The standard InChI is InChI=1S/C33H18F6N3OP/c34-21-15-11-19(12-16-21)31-40-32(42-33(41-31)25-26(35)28(37)30(39)29(38)27(25)36)20-13-17-24(18-14-20)44(43,22-7-3-1-4-8-22)23-9-5-2-6-10-23/h1-18H. The molecule has 0 bridgehead atoms. The van der Waals surface area contributed by atoms with Gasteiger partial charge in [-0.25, -0.2) is 41.3 Å². The van der Waals surface area contributed by atoms with E-state index >= 15 is 0 Å². The van der Waals surface area contributed by atoms with Crippen molar-refractivity contribution < 1.29 is 30.9 Å². The average Bonchev–Trinajstić information content (AvgIpc) is 3.07. The average molecular weight is 617 g/mol. The minimum atomic E-state index is -3.34. The van der Waals surface area contributed by atoms with Crippen molar-refractivity contribution in [3.8, 4) is 34.2 Å². The summed E-state index contributed by atoms with van der Waals surface area (Å²) in [5.41, 5.74) is -0.894. The Labute approximate surface area is 247 Å². The first kappa shape index (κ1) is 29.0. The van der Waals surface area contributed by atoms with Crippen LogP contribution in [0, 0.1) is 34.9 Å². The number of nitrogens with zero attached hydrogens (tertiary/aromatic N) is 3. The van der Waals surface area contributed by atoms with Crippen molar-refractivity contribution in [1.82, 2.24) is 15.0 Å². The van der Waals surface area contributed by atoms with Crippen LogP contribution < -0.4 is 15.9 Å². The summed E-state index contributed by atoms with van der Waals surface area (Å²) in [7, 11) is -3.34. The number of hydrogen-bond donors (Lipinski definition) is 0. The van der Waals surface area contributed by atoms with Crippen LogP contribution >= 0.6 is 7.14 Å². The van der Waals surface area contributed by atoms with Gasteiger partial charge in [-0.1, -0.05) is 84.9 Å². The van der Waals surface area contributed by atoms with Gasteiger partial charge in [0.15, 0.2) is 47.9 Å². The van der Waals surface area contributed by atoms with Crippen LogP contribution in [0.2, 0.25) is 0 Å². The van der Waals surface area contributed by atoms with Gasteiger partial charge in [-0.2, -0.15) is 0 Å². The maximum absolute atomic E-state index is 14.8. The normalized spacial score (nSPS) is 11.5. The smallest absolute Gasteiger partial charge is 0.200 e. The lowest BCUT2D eigenvalue weighted by Crippen LogP contribution is -2.24. The molecule has 0 aliphatic rings. The van der Waals surface area contributed by atoms with Crippen molar-refractivity contribution in [3.63, 3.8) is 0 Å². The van der Waals surface area contributed by atoms with Gasteiger partial charge in [0, 0.05) is 27.0 Å². The molecule has 0 fully saturated rings. The number of rotatable bonds is 6. The van der Waals surface area contributed by atoms with Gasteiger partial charge in [-0.05, 0) is 24.3 Å². The Bertz CT molecular complexity index is 1970. The van der Waals surface area contributed by atoms with Crippen LogP contribution in [0.3, 0.4) is 0 Å².